The van der Waals surface area contributed by atoms with E-state index in [1.54, 1.807) is 0 Å². The van der Waals surface area contributed by atoms with Crippen molar-refractivity contribution in [3.05, 3.63) is 11.1 Å². The standard InChI is InChI=1S/C14H25N3OS/c1-14(2,3)11-10-19-13(16-11)17-12(18)8-6-4-5-7-9-15/h10H,4-9,15H2,1-3H3,(H,16,17,18). The lowest BCUT2D eigenvalue weighted by Gasteiger charge is -2.14. The molecule has 0 bridgehead atoms. The van der Waals surface area contributed by atoms with Gasteiger partial charge in [0, 0.05) is 17.2 Å². The van der Waals surface area contributed by atoms with E-state index in [9.17, 15) is 4.79 Å². The van der Waals surface area contributed by atoms with Crippen LogP contribution in [0.1, 0.15) is 58.6 Å². The van der Waals surface area contributed by atoms with Crippen LogP contribution in [0, 0.1) is 0 Å². The van der Waals surface area contributed by atoms with E-state index >= 15 is 0 Å². The third kappa shape index (κ3) is 6.16. The molecule has 0 aliphatic heterocycles. The summed E-state index contributed by atoms with van der Waals surface area (Å²) in [5, 5.41) is 5.59. The number of hydrogen-bond donors (Lipinski definition) is 2. The molecule has 5 heteroatoms. The molecule has 0 spiro atoms. The van der Waals surface area contributed by atoms with Crippen molar-refractivity contribution >= 4 is 22.4 Å². The van der Waals surface area contributed by atoms with Crippen molar-refractivity contribution in [2.75, 3.05) is 11.9 Å². The van der Waals surface area contributed by atoms with Gasteiger partial charge in [0.25, 0.3) is 0 Å². The van der Waals surface area contributed by atoms with Crippen LogP contribution in [0.2, 0.25) is 0 Å². The summed E-state index contributed by atoms with van der Waals surface area (Å²) in [4.78, 5) is 16.2. The zero-order chi connectivity index (χ0) is 14.3. The molecule has 1 amide bonds. The third-order valence-corrected chi connectivity index (χ3v) is 3.63. The molecule has 4 nitrogen and oxygen atoms in total. The Kier molecular flexibility index (Phi) is 6.45. The van der Waals surface area contributed by atoms with Gasteiger partial charge in [-0.15, -0.1) is 11.3 Å². The average molecular weight is 283 g/mol. The molecular formula is C14H25N3OS. The molecule has 108 valence electrons. The molecule has 1 aromatic heterocycles. The summed E-state index contributed by atoms with van der Waals surface area (Å²) in [5.41, 5.74) is 6.48. The Morgan fingerprint density at radius 1 is 1.32 bits per heavy atom. The number of nitrogens with two attached hydrogens (primary N) is 1. The van der Waals surface area contributed by atoms with Gasteiger partial charge in [-0.3, -0.25) is 4.79 Å². The highest BCUT2D eigenvalue weighted by atomic mass is 32.1. The van der Waals surface area contributed by atoms with Gasteiger partial charge in [0.1, 0.15) is 0 Å². The van der Waals surface area contributed by atoms with E-state index in [-0.39, 0.29) is 11.3 Å². The molecule has 1 rings (SSSR count). The molecule has 1 aromatic rings. The van der Waals surface area contributed by atoms with Crippen LogP contribution in [0.25, 0.3) is 0 Å². The first kappa shape index (κ1) is 16.1. The van der Waals surface area contributed by atoms with Gasteiger partial charge in [-0.05, 0) is 19.4 Å². The number of amides is 1. The number of nitrogens with one attached hydrogen (secondary N) is 1. The number of aromatic nitrogens is 1. The molecule has 0 unspecified atom stereocenters. The largest absolute Gasteiger partial charge is 0.330 e. The maximum Gasteiger partial charge on any atom is 0.226 e. The fourth-order valence-electron chi connectivity index (χ4n) is 1.64. The van der Waals surface area contributed by atoms with Crippen LogP contribution < -0.4 is 11.1 Å². The van der Waals surface area contributed by atoms with Crippen LogP contribution in [-0.4, -0.2) is 17.4 Å². The van der Waals surface area contributed by atoms with Crippen LogP contribution in [0.4, 0.5) is 5.13 Å². The third-order valence-electron chi connectivity index (χ3n) is 2.88. The lowest BCUT2D eigenvalue weighted by molar-refractivity contribution is -0.116. The highest BCUT2D eigenvalue weighted by Gasteiger charge is 2.17. The van der Waals surface area contributed by atoms with E-state index in [0.717, 1.165) is 37.9 Å². The minimum Gasteiger partial charge on any atom is -0.330 e. The monoisotopic (exact) mass is 283 g/mol. The molecule has 1 heterocycles. The number of thiazole rings is 1. The molecule has 0 atom stereocenters. The zero-order valence-electron chi connectivity index (χ0n) is 12.2. The molecule has 0 radical (unpaired) electrons. The highest BCUT2D eigenvalue weighted by molar-refractivity contribution is 7.13. The summed E-state index contributed by atoms with van der Waals surface area (Å²) in [6.45, 7) is 7.09. The highest BCUT2D eigenvalue weighted by Crippen LogP contribution is 2.26. The van der Waals surface area contributed by atoms with Gasteiger partial charge >= 0.3 is 0 Å². The quantitative estimate of drug-likeness (QED) is 0.754. The molecule has 0 aliphatic carbocycles. The van der Waals surface area contributed by atoms with Crippen molar-refractivity contribution in [2.24, 2.45) is 5.73 Å². The summed E-state index contributed by atoms with van der Waals surface area (Å²) < 4.78 is 0. The molecule has 0 aromatic carbocycles. The Bertz CT molecular complexity index is 396. The minimum absolute atomic E-state index is 0.0295. The van der Waals surface area contributed by atoms with E-state index in [1.807, 2.05) is 5.38 Å². The summed E-state index contributed by atoms with van der Waals surface area (Å²) >= 11 is 1.49. The molecule has 0 fully saturated rings. The van der Waals surface area contributed by atoms with Gasteiger partial charge < -0.3 is 11.1 Å². The normalized spacial score (nSPS) is 11.6. The average Bonchev–Trinajstić information content (AvgIpc) is 2.77. The van der Waals surface area contributed by atoms with Crippen LogP contribution in [-0.2, 0) is 10.2 Å². The van der Waals surface area contributed by atoms with Gasteiger partial charge in [-0.1, -0.05) is 33.6 Å². The summed E-state index contributed by atoms with van der Waals surface area (Å²) in [6, 6.07) is 0. The van der Waals surface area contributed by atoms with E-state index in [1.165, 1.54) is 11.3 Å². The Hall–Kier alpha value is -0.940. The summed E-state index contributed by atoms with van der Waals surface area (Å²) in [6.07, 6.45) is 4.70. The lowest BCUT2D eigenvalue weighted by Crippen LogP contribution is -2.14. The fraction of sp³-hybridized carbons (Fsp3) is 0.714. The van der Waals surface area contributed by atoms with E-state index in [0.29, 0.717) is 11.6 Å². The van der Waals surface area contributed by atoms with Gasteiger partial charge in [-0.2, -0.15) is 0 Å². The number of anilines is 1. The van der Waals surface area contributed by atoms with Crippen molar-refractivity contribution in [1.29, 1.82) is 0 Å². The smallest absolute Gasteiger partial charge is 0.226 e. The Morgan fingerprint density at radius 3 is 2.58 bits per heavy atom. The second-order valence-corrected chi connectivity index (χ2v) is 6.65. The van der Waals surface area contributed by atoms with Gasteiger partial charge in [0.2, 0.25) is 5.91 Å². The summed E-state index contributed by atoms with van der Waals surface area (Å²) in [5.74, 6) is 0.0579. The summed E-state index contributed by atoms with van der Waals surface area (Å²) in [7, 11) is 0. The lowest BCUT2D eigenvalue weighted by atomic mass is 9.93. The van der Waals surface area contributed by atoms with Crippen molar-refractivity contribution in [1.82, 2.24) is 4.98 Å². The van der Waals surface area contributed by atoms with E-state index < -0.39 is 0 Å². The number of carbonyl (C=O) groups excluding carboxylic acids is 1. The predicted octanol–water partition coefficient (Wildman–Crippen LogP) is 3.29. The first-order chi connectivity index (χ1) is 8.93. The predicted molar refractivity (Wildman–Crippen MR) is 81.6 cm³/mol. The van der Waals surface area contributed by atoms with Gasteiger partial charge in [0.15, 0.2) is 5.13 Å². The Labute approximate surface area is 119 Å². The van der Waals surface area contributed by atoms with Crippen LogP contribution >= 0.6 is 11.3 Å². The molecule has 0 saturated carbocycles. The fourth-order valence-corrected chi connectivity index (χ4v) is 2.59. The number of rotatable bonds is 7. The second kappa shape index (κ2) is 7.60. The molecular weight excluding hydrogens is 258 g/mol. The number of carbonyl (C=O) groups is 1. The SMILES string of the molecule is CC(C)(C)c1csc(NC(=O)CCCCCCN)n1. The van der Waals surface area contributed by atoms with Gasteiger partial charge in [0.05, 0.1) is 5.69 Å². The number of unbranched alkanes of at least 4 members (excludes halogenated alkanes) is 3. The van der Waals surface area contributed by atoms with Crippen LogP contribution in [0.5, 0.6) is 0 Å². The maximum atomic E-state index is 11.7. The van der Waals surface area contributed by atoms with E-state index in [2.05, 4.69) is 31.1 Å². The Morgan fingerprint density at radius 2 is 2.00 bits per heavy atom. The van der Waals surface area contributed by atoms with Crippen LogP contribution in [0.15, 0.2) is 5.38 Å². The van der Waals surface area contributed by atoms with Crippen molar-refractivity contribution in [3.63, 3.8) is 0 Å². The van der Waals surface area contributed by atoms with Crippen LogP contribution in [0.3, 0.4) is 0 Å². The number of hydrogen-bond acceptors (Lipinski definition) is 4. The van der Waals surface area contributed by atoms with Crippen molar-refractivity contribution in [3.8, 4) is 0 Å². The van der Waals surface area contributed by atoms with Gasteiger partial charge in [-0.25, -0.2) is 4.98 Å². The second-order valence-electron chi connectivity index (χ2n) is 5.79. The minimum atomic E-state index is 0.0295. The maximum absolute atomic E-state index is 11.7. The molecule has 0 aliphatic rings. The van der Waals surface area contributed by atoms with E-state index in [4.69, 9.17) is 5.73 Å². The molecule has 19 heavy (non-hydrogen) atoms. The first-order valence-corrected chi connectivity index (χ1v) is 7.77. The van der Waals surface area contributed by atoms with Crippen molar-refractivity contribution < 1.29 is 4.79 Å². The van der Waals surface area contributed by atoms with Crippen molar-refractivity contribution in [2.45, 2.75) is 58.3 Å². The Balaban J connectivity index is 2.30. The molecule has 3 N–H and O–H groups in total. The zero-order valence-corrected chi connectivity index (χ0v) is 13.0. The topological polar surface area (TPSA) is 68.0 Å². The molecule has 0 saturated heterocycles. The number of nitrogens with zero attached hydrogens (tertiary/aromatic N) is 1. The first-order valence-electron chi connectivity index (χ1n) is 6.89.